The molecule has 1 atom stereocenters. The van der Waals surface area contributed by atoms with Crippen molar-refractivity contribution in [3.63, 3.8) is 0 Å². The number of aromatic nitrogens is 1. The first-order chi connectivity index (χ1) is 9.61. The zero-order valence-electron chi connectivity index (χ0n) is 11.0. The van der Waals surface area contributed by atoms with E-state index in [9.17, 15) is 4.79 Å². The van der Waals surface area contributed by atoms with Gasteiger partial charge in [0.2, 0.25) is 0 Å². The molecule has 0 fully saturated rings. The van der Waals surface area contributed by atoms with E-state index in [-0.39, 0.29) is 0 Å². The summed E-state index contributed by atoms with van der Waals surface area (Å²) in [5, 5.41) is 3.36. The molecular weight excluding hydrogens is 296 g/mol. The average Bonchev–Trinajstić information content (AvgIpc) is 2.87. The van der Waals surface area contributed by atoms with Gasteiger partial charge in [-0.3, -0.25) is 4.79 Å². The van der Waals surface area contributed by atoms with Gasteiger partial charge in [0.05, 0.1) is 17.3 Å². The molecule has 2 aromatic rings. The summed E-state index contributed by atoms with van der Waals surface area (Å²) >= 11 is 7.61. The maximum atomic E-state index is 11.5. The Kier molecular flexibility index (Phi) is 5.11. The first-order valence-electron chi connectivity index (χ1n) is 6.23. The first kappa shape index (κ1) is 15.0. The van der Waals surface area contributed by atoms with E-state index in [1.54, 1.807) is 6.92 Å². The van der Waals surface area contributed by atoms with Crippen molar-refractivity contribution in [1.82, 2.24) is 4.98 Å². The van der Waals surface area contributed by atoms with Crippen LogP contribution < -0.4 is 5.73 Å². The third-order valence-electron chi connectivity index (χ3n) is 2.67. The number of benzene rings is 1. The van der Waals surface area contributed by atoms with E-state index >= 15 is 0 Å². The van der Waals surface area contributed by atoms with Crippen molar-refractivity contribution in [3.05, 3.63) is 40.4 Å². The van der Waals surface area contributed by atoms with Gasteiger partial charge in [0.15, 0.2) is 0 Å². The highest BCUT2D eigenvalue weighted by Crippen LogP contribution is 2.30. The van der Waals surface area contributed by atoms with Crippen LogP contribution in [0.5, 0.6) is 0 Å². The highest BCUT2D eigenvalue weighted by Gasteiger charge is 2.17. The summed E-state index contributed by atoms with van der Waals surface area (Å²) in [5.74, 6) is -0.403. The highest BCUT2D eigenvalue weighted by molar-refractivity contribution is 7.13. The van der Waals surface area contributed by atoms with E-state index < -0.39 is 12.0 Å². The number of carbonyl (C=O) groups is 1. The number of thiazole rings is 1. The van der Waals surface area contributed by atoms with E-state index in [0.717, 1.165) is 16.3 Å². The van der Waals surface area contributed by atoms with Gasteiger partial charge in [-0.15, -0.1) is 11.3 Å². The molecule has 1 aromatic carbocycles. The van der Waals surface area contributed by atoms with Crippen LogP contribution in [0.15, 0.2) is 29.6 Å². The van der Waals surface area contributed by atoms with Crippen molar-refractivity contribution >= 4 is 28.9 Å². The number of halogens is 1. The van der Waals surface area contributed by atoms with Gasteiger partial charge in [0, 0.05) is 17.4 Å². The van der Waals surface area contributed by atoms with Crippen molar-refractivity contribution in [2.24, 2.45) is 5.73 Å². The Labute approximate surface area is 126 Å². The minimum absolute atomic E-state index is 0.328. The summed E-state index contributed by atoms with van der Waals surface area (Å²) in [6.45, 7) is 2.08. The number of ether oxygens (including phenoxy) is 1. The Bertz CT molecular complexity index is 600. The van der Waals surface area contributed by atoms with Gasteiger partial charge in [0.25, 0.3) is 0 Å². The second kappa shape index (κ2) is 6.83. The van der Waals surface area contributed by atoms with E-state index in [2.05, 4.69) is 4.98 Å². The second-order valence-electron chi connectivity index (χ2n) is 4.19. The molecule has 1 heterocycles. The molecule has 1 aromatic heterocycles. The standard InChI is InChI=1S/C14H15ClN2O2S/c1-2-19-14(18)12(16)7-9-8-20-13(17-9)10-5-3-4-6-11(10)15/h3-6,8,12H,2,7,16H2,1H3. The van der Waals surface area contributed by atoms with Gasteiger partial charge in [-0.2, -0.15) is 0 Å². The van der Waals surface area contributed by atoms with Crippen LogP contribution in [-0.2, 0) is 16.0 Å². The van der Waals surface area contributed by atoms with Crippen LogP contribution in [0.1, 0.15) is 12.6 Å². The molecular formula is C14H15ClN2O2S. The molecule has 0 radical (unpaired) electrons. The Morgan fingerprint density at radius 2 is 2.25 bits per heavy atom. The van der Waals surface area contributed by atoms with Crippen LogP contribution in [0.25, 0.3) is 10.6 Å². The second-order valence-corrected chi connectivity index (χ2v) is 5.45. The first-order valence-corrected chi connectivity index (χ1v) is 7.49. The van der Waals surface area contributed by atoms with Crippen LogP contribution in [-0.4, -0.2) is 23.6 Å². The van der Waals surface area contributed by atoms with E-state index in [1.807, 2.05) is 29.6 Å². The number of hydrogen-bond acceptors (Lipinski definition) is 5. The SMILES string of the molecule is CCOC(=O)C(N)Cc1csc(-c2ccccc2Cl)n1. The summed E-state index contributed by atoms with van der Waals surface area (Å²) in [6, 6.07) is 6.83. The van der Waals surface area contributed by atoms with Gasteiger partial charge in [-0.25, -0.2) is 4.98 Å². The predicted molar refractivity (Wildman–Crippen MR) is 80.9 cm³/mol. The molecule has 0 saturated carbocycles. The molecule has 0 bridgehead atoms. The van der Waals surface area contributed by atoms with Crippen LogP contribution in [0.2, 0.25) is 5.02 Å². The molecule has 2 N–H and O–H groups in total. The Morgan fingerprint density at radius 3 is 2.95 bits per heavy atom. The smallest absolute Gasteiger partial charge is 0.323 e. The molecule has 0 saturated heterocycles. The third-order valence-corrected chi connectivity index (χ3v) is 3.93. The fraction of sp³-hybridized carbons (Fsp3) is 0.286. The molecule has 1 unspecified atom stereocenters. The number of nitrogens with zero attached hydrogens (tertiary/aromatic N) is 1. The molecule has 0 amide bonds. The molecule has 2 rings (SSSR count). The van der Waals surface area contributed by atoms with Crippen molar-refractivity contribution in [3.8, 4) is 10.6 Å². The lowest BCUT2D eigenvalue weighted by Gasteiger charge is -2.08. The fourth-order valence-electron chi connectivity index (χ4n) is 1.72. The van der Waals surface area contributed by atoms with Crippen LogP contribution in [0.3, 0.4) is 0 Å². The van der Waals surface area contributed by atoms with E-state index in [0.29, 0.717) is 18.1 Å². The topological polar surface area (TPSA) is 65.2 Å². The summed E-state index contributed by atoms with van der Waals surface area (Å²) in [6.07, 6.45) is 0.361. The lowest BCUT2D eigenvalue weighted by Crippen LogP contribution is -2.34. The Balaban J connectivity index is 2.10. The molecule has 0 spiro atoms. The average molecular weight is 311 g/mol. The third kappa shape index (κ3) is 3.56. The van der Waals surface area contributed by atoms with Crippen LogP contribution >= 0.6 is 22.9 Å². The van der Waals surface area contributed by atoms with E-state index in [4.69, 9.17) is 22.1 Å². The molecule has 6 heteroatoms. The zero-order valence-corrected chi connectivity index (χ0v) is 12.6. The maximum Gasteiger partial charge on any atom is 0.323 e. The van der Waals surface area contributed by atoms with E-state index in [1.165, 1.54) is 11.3 Å². The summed E-state index contributed by atoms with van der Waals surface area (Å²) in [4.78, 5) is 16.0. The Hall–Kier alpha value is -1.43. The summed E-state index contributed by atoms with van der Waals surface area (Å²) in [7, 11) is 0. The van der Waals surface area contributed by atoms with Crippen molar-refractivity contribution < 1.29 is 9.53 Å². The van der Waals surface area contributed by atoms with Gasteiger partial charge < -0.3 is 10.5 Å². The quantitative estimate of drug-likeness (QED) is 0.862. The number of hydrogen-bond donors (Lipinski definition) is 1. The molecule has 0 aliphatic carbocycles. The predicted octanol–water partition coefficient (Wildman–Crippen LogP) is 2.90. The largest absolute Gasteiger partial charge is 0.465 e. The van der Waals surface area contributed by atoms with Crippen molar-refractivity contribution in [2.75, 3.05) is 6.61 Å². The summed E-state index contributed by atoms with van der Waals surface area (Å²) in [5.41, 5.74) is 7.43. The molecule has 4 nitrogen and oxygen atoms in total. The molecule has 106 valence electrons. The lowest BCUT2D eigenvalue weighted by molar-refractivity contribution is -0.144. The number of esters is 1. The molecule has 0 aliphatic heterocycles. The number of carbonyl (C=O) groups excluding carboxylic acids is 1. The number of rotatable bonds is 5. The highest BCUT2D eigenvalue weighted by atomic mass is 35.5. The minimum Gasteiger partial charge on any atom is -0.465 e. The monoisotopic (exact) mass is 310 g/mol. The van der Waals surface area contributed by atoms with Crippen molar-refractivity contribution in [2.45, 2.75) is 19.4 Å². The minimum atomic E-state index is -0.684. The van der Waals surface area contributed by atoms with Gasteiger partial charge in [-0.1, -0.05) is 29.8 Å². The van der Waals surface area contributed by atoms with Crippen LogP contribution in [0.4, 0.5) is 0 Å². The zero-order chi connectivity index (χ0) is 14.5. The fourth-order valence-corrected chi connectivity index (χ4v) is 2.87. The lowest BCUT2D eigenvalue weighted by atomic mass is 10.2. The van der Waals surface area contributed by atoms with Gasteiger partial charge in [-0.05, 0) is 13.0 Å². The summed E-state index contributed by atoms with van der Waals surface area (Å²) < 4.78 is 4.88. The van der Waals surface area contributed by atoms with Gasteiger partial charge in [0.1, 0.15) is 11.0 Å². The molecule has 0 aliphatic rings. The van der Waals surface area contributed by atoms with Crippen molar-refractivity contribution in [1.29, 1.82) is 0 Å². The maximum absolute atomic E-state index is 11.5. The van der Waals surface area contributed by atoms with Crippen LogP contribution in [0, 0.1) is 0 Å². The normalized spacial score (nSPS) is 12.2. The molecule has 20 heavy (non-hydrogen) atoms. The Morgan fingerprint density at radius 1 is 1.50 bits per heavy atom. The number of nitrogens with two attached hydrogens (primary N) is 1. The van der Waals surface area contributed by atoms with Gasteiger partial charge >= 0.3 is 5.97 Å².